The number of nitrogens with two attached hydrogens (primary N) is 1. The van der Waals surface area contributed by atoms with Gasteiger partial charge in [-0.3, -0.25) is 0 Å². The molecule has 2 rings (SSSR count). The third kappa shape index (κ3) is 3.77. The summed E-state index contributed by atoms with van der Waals surface area (Å²) in [5.74, 6) is 0. The van der Waals surface area contributed by atoms with Crippen LogP contribution in [0.15, 0.2) is 18.2 Å². The first-order valence-corrected chi connectivity index (χ1v) is 6.99. The number of hydrogen-bond donors (Lipinski definition) is 2. The fourth-order valence-corrected chi connectivity index (χ4v) is 2.58. The van der Waals surface area contributed by atoms with E-state index in [1.165, 1.54) is 12.8 Å². The molecule has 1 aromatic rings. The van der Waals surface area contributed by atoms with Crippen LogP contribution >= 0.6 is 11.6 Å². The lowest BCUT2D eigenvalue weighted by Crippen LogP contribution is -2.41. The summed E-state index contributed by atoms with van der Waals surface area (Å²) in [4.78, 5) is 13.7. The van der Waals surface area contributed by atoms with E-state index >= 15 is 0 Å². The minimum absolute atomic E-state index is 0.0506. The largest absolute Gasteiger partial charge is 0.399 e. The Balaban J connectivity index is 1.93. The molecular weight excluding hydrogens is 262 g/mol. The van der Waals surface area contributed by atoms with Crippen LogP contribution in [0.25, 0.3) is 0 Å². The Bertz CT molecular complexity index is 458. The monoisotopic (exact) mass is 281 g/mol. The minimum atomic E-state index is -0.0506. The van der Waals surface area contributed by atoms with E-state index in [0.717, 1.165) is 18.4 Å². The zero-order valence-corrected chi connectivity index (χ0v) is 11.9. The van der Waals surface area contributed by atoms with Gasteiger partial charge in [-0.15, -0.1) is 0 Å². The quantitative estimate of drug-likeness (QED) is 0.837. The molecule has 0 spiro atoms. The van der Waals surface area contributed by atoms with E-state index in [1.54, 1.807) is 24.1 Å². The zero-order chi connectivity index (χ0) is 13.8. The predicted octanol–water partition coefficient (Wildman–Crippen LogP) is 3.01. The van der Waals surface area contributed by atoms with Crippen molar-refractivity contribution in [3.63, 3.8) is 0 Å². The number of anilines is 1. The maximum absolute atomic E-state index is 12.0. The normalized spacial score (nSPS) is 15.5. The Kier molecular flexibility index (Phi) is 4.53. The Morgan fingerprint density at radius 2 is 2.16 bits per heavy atom. The average molecular weight is 282 g/mol. The average Bonchev–Trinajstić information content (AvgIpc) is 2.86. The minimum Gasteiger partial charge on any atom is -0.399 e. The Morgan fingerprint density at radius 1 is 1.47 bits per heavy atom. The number of hydrogen-bond acceptors (Lipinski definition) is 2. The lowest BCUT2D eigenvalue weighted by atomic mass is 10.2. The second-order valence-corrected chi connectivity index (χ2v) is 5.54. The first-order chi connectivity index (χ1) is 9.06. The molecule has 3 N–H and O–H groups in total. The molecular formula is C14H20ClN3O. The lowest BCUT2D eigenvalue weighted by Gasteiger charge is -2.21. The van der Waals surface area contributed by atoms with E-state index in [9.17, 15) is 4.79 Å². The molecule has 1 aliphatic carbocycles. The highest BCUT2D eigenvalue weighted by Gasteiger charge is 2.19. The molecule has 5 heteroatoms. The van der Waals surface area contributed by atoms with Gasteiger partial charge in [-0.2, -0.15) is 0 Å². The van der Waals surface area contributed by atoms with Gasteiger partial charge in [0.05, 0.1) is 0 Å². The molecule has 2 amide bonds. The summed E-state index contributed by atoms with van der Waals surface area (Å²) in [5.41, 5.74) is 7.26. The number of halogens is 1. The van der Waals surface area contributed by atoms with Gasteiger partial charge in [0.25, 0.3) is 0 Å². The maximum atomic E-state index is 12.0. The molecule has 104 valence electrons. The molecule has 1 saturated carbocycles. The van der Waals surface area contributed by atoms with Crippen LogP contribution < -0.4 is 11.1 Å². The van der Waals surface area contributed by atoms with Crippen LogP contribution in [0.4, 0.5) is 10.5 Å². The number of amides is 2. The molecule has 1 aliphatic rings. The Hall–Kier alpha value is -1.42. The van der Waals surface area contributed by atoms with Gasteiger partial charge in [0, 0.05) is 30.3 Å². The van der Waals surface area contributed by atoms with Gasteiger partial charge in [-0.1, -0.05) is 24.4 Å². The van der Waals surface area contributed by atoms with Crippen molar-refractivity contribution in [1.82, 2.24) is 10.2 Å². The SMILES string of the molecule is CN(Cc1cc(N)ccc1Cl)C(=O)NC1CCCC1. The van der Waals surface area contributed by atoms with Crippen molar-refractivity contribution in [2.75, 3.05) is 12.8 Å². The number of nitrogens with one attached hydrogen (secondary N) is 1. The van der Waals surface area contributed by atoms with Gasteiger partial charge < -0.3 is 16.0 Å². The van der Waals surface area contributed by atoms with Gasteiger partial charge in [-0.05, 0) is 36.6 Å². The van der Waals surface area contributed by atoms with E-state index in [-0.39, 0.29) is 6.03 Å². The van der Waals surface area contributed by atoms with E-state index in [0.29, 0.717) is 23.3 Å². The van der Waals surface area contributed by atoms with Crippen molar-refractivity contribution < 1.29 is 4.79 Å². The number of carbonyl (C=O) groups excluding carboxylic acids is 1. The highest BCUT2D eigenvalue weighted by molar-refractivity contribution is 6.31. The summed E-state index contributed by atoms with van der Waals surface area (Å²) in [6, 6.07) is 5.60. The highest BCUT2D eigenvalue weighted by atomic mass is 35.5. The van der Waals surface area contributed by atoms with Gasteiger partial charge in [0.2, 0.25) is 0 Å². The van der Waals surface area contributed by atoms with Crippen molar-refractivity contribution >= 4 is 23.3 Å². The summed E-state index contributed by atoms with van der Waals surface area (Å²) >= 11 is 6.10. The number of carbonyl (C=O) groups is 1. The third-order valence-corrected chi connectivity index (χ3v) is 3.88. The van der Waals surface area contributed by atoms with E-state index in [1.807, 2.05) is 6.07 Å². The van der Waals surface area contributed by atoms with Crippen LogP contribution in [0.5, 0.6) is 0 Å². The highest BCUT2D eigenvalue weighted by Crippen LogP contribution is 2.21. The molecule has 0 atom stereocenters. The van der Waals surface area contributed by atoms with Crippen molar-refractivity contribution in [2.24, 2.45) is 0 Å². The first-order valence-electron chi connectivity index (χ1n) is 6.62. The van der Waals surface area contributed by atoms with E-state index in [4.69, 9.17) is 17.3 Å². The number of nitrogens with zero attached hydrogens (tertiary/aromatic N) is 1. The van der Waals surface area contributed by atoms with E-state index < -0.39 is 0 Å². The molecule has 0 radical (unpaired) electrons. The molecule has 1 aromatic carbocycles. The Morgan fingerprint density at radius 3 is 2.84 bits per heavy atom. The molecule has 0 heterocycles. The fourth-order valence-electron chi connectivity index (χ4n) is 2.40. The zero-order valence-electron chi connectivity index (χ0n) is 11.2. The molecule has 4 nitrogen and oxygen atoms in total. The molecule has 0 unspecified atom stereocenters. The number of nitrogen functional groups attached to an aromatic ring is 1. The van der Waals surface area contributed by atoms with Crippen molar-refractivity contribution in [3.05, 3.63) is 28.8 Å². The number of benzene rings is 1. The maximum Gasteiger partial charge on any atom is 0.317 e. The van der Waals surface area contributed by atoms with Crippen LogP contribution in [0, 0.1) is 0 Å². The van der Waals surface area contributed by atoms with Crippen LogP contribution in [-0.4, -0.2) is 24.0 Å². The van der Waals surface area contributed by atoms with Crippen LogP contribution in [0.3, 0.4) is 0 Å². The van der Waals surface area contributed by atoms with Crippen molar-refractivity contribution in [3.8, 4) is 0 Å². The molecule has 0 bridgehead atoms. The molecule has 0 aromatic heterocycles. The van der Waals surface area contributed by atoms with Crippen molar-refractivity contribution in [1.29, 1.82) is 0 Å². The molecule has 19 heavy (non-hydrogen) atoms. The smallest absolute Gasteiger partial charge is 0.317 e. The summed E-state index contributed by atoms with van der Waals surface area (Å²) < 4.78 is 0. The molecule has 0 aliphatic heterocycles. The summed E-state index contributed by atoms with van der Waals surface area (Å²) in [5, 5.41) is 3.68. The van der Waals surface area contributed by atoms with Crippen molar-refractivity contribution in [2.45, 2.75) is 38.3 Å². The van der Waals surface area contributed by atoms with Gasteiger partial charge in [0.1, 0.15) is 0 Å². The topological polar surface area (TPSA) is 58.4 Å². The van der Waals surface area contributed by atoms with E-state index in [2.05, 4.69) is 5.32 Å². The standard InChI is InChI=1S/C14H20ClN3O/c1-18(14(19)17-12-4-2-3-5-12)9-10-8-11(16)6-7-13(10)15/h6-8,12H,2-5,9,16H2,1H3,(H,17,19). The second kappa shape index (κ2) is 6.15. The van der Waals surface area contributed by atoms with Crippen LogP contribution in [-0.2, 0) is 6.54 Å². The van der Waals surface area contributed by atoms with Gasteiger partial charge in [0.15, 0.2) is 0 Å². The molecule has 1 fully saturated rings. The Labute approximate surface area is 118 Å². The summed E-state index contributed by atoms with van der Waals surface area (Å²) in [6.45, 7) is 0.461. The summed E-state index contributed by atoms with van der Waals surface area (Å²) in [6.07, 6.45) is 4.57. The number of urea groups is 1. The second-order valence-electron chi connectivity index (χ2n) is 5.14. The number of rotatable bonds is 3. The predicted molar refractivity (Wildman–Crippen MR) is 78.1 cm³/mol. The molecule has 0 saturated heterocycles. The van der Waals surface area contributed by atoms with Gasteiger partial charge in [-0.25, -0.2) is 4.79 Å². The fraction of sp³-hybridized carbons (Fsp3) is 0.500. The van der Waals surface area contributed by atoms with Crippen LogP contribution in [0.1, 0.15) is 31.2 Å². The first kappa shape index (κ1) is 14.0. The van der Waals surface area contributed by atoms with Gasteiger partial charge >= 0.3 is 6.03 Å². The van der Waals surface area contributed by atoms with Crippen LogP contribution in [0.2, 0.25) is 5.02 Å². The third-order valence-electron chi connectivity index (χ3n) is 3.51. The lowest BCUT2D eigenvalue weighted by molar-refractivity contribution is 0.203. The summed E-state index contributed by atoms with van der Waals surface area (Å²) in [7, 11) is 1.77.